The normalized spacial score (nSPS) is 7.97. The average molecular weight is 937 g/mol. The summed E-state index contributed by atoms with van der Waals surface area (Å²) in [4.78, 5) is 7.05. The second-order valence-electron chi connectivity index (χ2n) is 11.3. The van der Waals surface area contributed by atoms with Gasteiger partial charge in [-0.2, -0.15) is 0 Å². The standard InChI is InChI=1S/C32H6.C26H29NO.H3NO8.15H2/c1-3-5-7-9-11-13-15-17-19-21-23-25-27-29-31-32-30-28-26-24-22-20-18-16-14-12-10-8-6-4-2;1-3-25(22-10-6-4-7-11-22)26(23-12-8-5-9-13-23)24-16-14-21(15-17-24)18-19-28-20-27-2;2-6-8-4-1-5-9-7-3;;;;;;;;;;;;;;;/h1-2H3;4-17,27H,3,18-20H2,1-2H3;1-3H;15*1H/b;26-25-;;;;;;;;;;;;;;;;. The lowest BCUT2D eigenvalue weighted by molar-refractivity contribution is -0.705. The van der Waals surface area contributed by atoms with E-state index >= 15 is 0 Å². The van der Waals surface area contributed by atoms with Gasteiger partial charge in [0.2, 0.25) is 0 Å². The summed E-state index contributed by atoms with van der Waals surface area (Å²) in [5, 5.41) is 30.1. The predicted molar refractivity (Wildman–Crippen MR) is 294 cm³/mol. The van der Waals surface area contributed by atoms with Crippen molar-refractivity contribution in [2.24, 2.45) is 0 Å². The van der Waals surface area contributed by atoms with Crippen molar-refractivity contribution in [3.8, 4) is 178 Å². The third-order valence-corrected chi connectivity index (χ3v) is 7.00. The molecule has 3 rings (SSSR count). The van der Waals surface area contributed by atoms with Gasteiger partial charge in [-0.3, -0.25) is 5.32 Å². The van der Waals surface area contributed by atoms with Crippen LogP contribution in [0.2, 0.25) is 0 Å². The van der Waals surface area contributed by atoms with Crippen LogP contribution in [0.1, 0.15) is 70.8 Å². The summed E-state index contributed by atoms with van der Waals surface area (Å²) in [7, 11) is 1.89. The van der Waals surface area contributed by atoms with E-state index in [0.717, 1.165) is 19.4 Å². The monoisotopic (exact) mass is 936 g/mol. The van der Waals surface area contributed by atoms with Crippen molar-refractivity contribution >= 4 is 11.1 Å². The predicted octanol–water partition coefficient (Wildman–Crippen LogP) is 9.67. The van der Waals surface area contributed by atoms with Crippen molar-refractivity contribution < 1.29 is 66.8 Å². The molecule has 0 saturated carbocycles. The molecule has 0 aliphatic heterocycles. The Morgan fingerprint density at radius 2 is 0.797 bits per heavy atom. The molecule has 0 aromatic heterocycles. The highest BCUT2D eigenvalue weighted by Gasteiger charge is 2.12. The first kappa shape index (κ1) is 57.4. The molecule has 69 heavy (non-hydrogen) atoms. The van der Waals surface area contributed by atoms with Crippen LogP contribution in [0.5, 0.6) is 0 Å². The summed E-state index contributed by atoms with van der Waals surface area (Å²) < 4.78 is 5.53. The number of allylic oxidation sites excluding steroid dienone is 1. The average Bonchev–Trinajstić information content (AvgIpc) is 3.39. The van der Waals surface area contributed by atoms with Gasteiger partial charge in [-0.1, -0.05) is 114 Å². The quantitative estimate of drug-likeness (QED) is 0.0291. The maximum absolute atomic E-state index is 7.36. The molecule has 4 N–H and O–H groups in total. The van der Waals surface area contributed by atoms with Gasteiger partial charge < -0.3 is 4.74 Å². The second-order valence-corrected chi connectivity index (χ2v) is 11.3. The SMILES string of the molecule is CC#CC#CC#CC#CC#CC#CC#CC#CC#CC#CC#CC#CC#CC#CC#CC.CC/C(=C(\c1ccccc1)c1ccc(CCOCNC)cc1)c1ccccc1.OOOONOOOO.[HH].[HH].[HH].[HH].[HH].[HH].[HH].[HH].[HH].[HH].[HH].[HH].[HH].[HH].[HH]. The lowest BCUT2D eigenvalue weighted by atomic mass is 9.88. The fraction of sp³-hybridized carbons (Fsp3) is 0.138. The molecule has 0 unspecified atom stereocenters. The summed E-state index contributed by atoms with van der Waals surface area (Å²) in [5.41, 5.74) is 9.15. The third-order valence-electron chi connectivity index (χ3n) is 7.00. The van der Waals surface area contributed by atoms with E-state index in [1.165, 1.54) is 39.0 Å². The van der Waals surface area contributed by atoms with Crippen LogP contribution in [-0.4, -0.2) is 30.9 Å². The third kappa shape index (κ3) is 32.6. The van der Waals surface area contributed by atoms with Gasteiger partial charge in [0, 0.05) is 92.4 Å². The van der Waals surface area contributed by atoms with Crippen LogP contribution < -0.4 is 11.0 Å². The minimum atomic E-state index is 0. The molecule has 0 atom stereocenters. The van der Waals surface area contributed by atoms with E-state index in [1.807, 2.05) is 7.05 Å². The van der Waals surface area contributed by atoms with Gasteiger partial charge in [0.05, 0.1) is 13.3 Å². The van der Waals surface area contributed by atoms with Gasteiger partial charge in [0.15, 0.2) is 0 Å². The highest BCUT2D eigenvalue weighted by atomic mass is 17.7. The van der Waals surface area contributed by atoms with Crippen LogP contribution in [0, 0.1) is 178 Å². The Kier molecular flexibility index (Phi) is 37.4. The van der Waals surface area contributed by atoms with Crippen molar-refractivity contribution in [3.05, 3.63) is 107 Å². The molecule has 0 amide bonds. The first-order valence-corrected chi connectivity index (χ1v) is 19.7. The molecular weight excluding hydrogens is 869 g/mol. The molecule has 3 aromatic carbocycles. The van der Waals surface area contributed by atoms with Crippen molar-refractivity contribution in [2.75, 3.05) is 20.4 Å². The van der Waals surface area contributed by atoms with Crippen LogP contribution in [0.4, 0.5) is 0 Å². The molecular formula is C58H68N2O9. The molecule has 0 heterocycles. The molecule has 11 nitrogen and oxygen atoms in total. The largest absolute Gasteiger partial charge is 0.366 e. The number of hydrogen-bond acceptors (Lipinski definition) is 11. The van der Waals surface area contributed by atoms with Crippen molar-refractivity contribution in [3.63, 3.8) is 0 Å². The van der Waals surface area contributed by atoms with E-state index in [0.29, 0.717) is 6.73 Å². The lowest BCUT2D eigenvalue weighted by Crippen LogP contribution is -2.15. The summed E-state index contributed by atoms with van der Waals surface area (Å²) in [6.45, 7) is 6.94. The van der Waals surface area contributed by atoms with Gasteiger partial charge in [0.25, 0.3) is 0 Å². The van der Waals surface area contributed by atoms with Crippen molar-refractivity contribution in [1.82, 2.24) is 11.0 Å². The van der Waals surface area contributed by atoms with E-state index in [-0.39, 0.29) is 21.4 Å². The summed E-state index contributed by atoms with van der Waals surface area (Å²) in [5.74, 6) is 75.6. The zero-order chi connectivity index (χ0) is 49.8. The highest BCUT2D eigenvalue weighted by Crippen LogP contribution is 2.34. The molecule has 3 aromatic rings. The minimum Gasteiger partial charge on any atom is -0.366 e. The van der Waals surface area contributed by atoms with Crippen LogP contribution in [-0.2, 0) is 41.3 Å². The molecule has 0 aliphatic carbocycles. The number of benzene rings is 3. The molecule has 0 spiro atoms. The van der Waals surface area contributed by atoms with E-state index in [9.17, 15) is 0 Å². The Morgan fingerprint density at radius 3 is 1.12 bits per heavy atom. The fourth-order valence-corrected chi connectivity index (χ4v) is 4.50. The van der Waals surface area contributed by atoms with Gasteiger partial charge in [-0.05, 0) is 188 Å². The van der Waals surface area contributed by atoms with E-state index in [2.05, 4.69) is 305 Å². The first-order chi connectivity index (χ1) is 34.2. The van der Waals surface area contributed by atoms with Crippen LogP contribution >= 0.6 is 0 Å². The molecule has 0 bridgehead atoms. The maximum Gasteiger partial charge on any atom is 0.0962 e. The van der Waals surface area contributed by atoms with Gasteiger partial charge in [-0.25, -0.2) is 10.5 Å². The fourth-order valence-electron chi connectivity index (χ4n) is 4.50. The Morgan fingerprint density at radius 1 is 0.464 bits per heavy atom. The smallest absolute Gasteiger partial charge is 0.0962 e. The van der Waals surface area contributed by atoms with Crippen molar-refractivity contribution in [1.29, 1.82) is 0 Å². The molecule has 364 valence electrons. The van der Waals surface area contributed by atoms with E-state index in [4.69, 9.17) is 15.3 Å². The Hall–Kier alpha value is -9.64. The zero-order valence-corrected chi connectivity index (χ0v) is 37.7. The Balaban J connectivity index is -0.0000000657. The Labute approximate surface area is 427 Å². The number of nitrogens with one attached hydrogen (secondary N) is 2. The summed E-state index contributed by atoms with van der Waals surface area (Å²) >= 11 is 0. The van der Waals surface area contributed by atoms with Gasteiger partial charge in [0.1, 0.15) is 0 Å². The molecule has 0 saturated heterocycles. The Bertz CT molecular complexity index is 3050. The number of rotatable bonds is 15. The number of ether oxygens (including phenoxy) is 1. The van der Waals surface area contributed by atoms with E-state index in [1.54, 1.807) is 13.8 Å². The molecule has 0 radical (unpaired) electrons. The van der Waals surface area contributed by atoms with Crippen LogP contribution in [0.3, 0.4) is 0 Å². The lowest BCUT2D eigenvalue weighted by Gasteiger charge is -2.16. The summed E-state index contributed by atoms with van der Waals surface area (Å²) in [6.07, 6.45) is 1.90. The van der Waals surface area contributed by atoms with Crippen molar-refractivity contribution in [2.45, 2.75) is 33.6 Å². The molecule has 0 aliphatic rings. The summed E-state index contributed by atoms with van der Waals surface area (Å²) in [6, 6.07) is 30.3. The zero-order valence-electron chi connectivity index (χ0n) is 37.7. The van der Waals surface area contributed by atoms with Crippen LogP contribution in [0.25, 0.3) is 11.1 Å². The molecule has 0 fully saturated rings. The number of hydrogen-bond donors (Lipinski definition) is 4. The maximum atomic E-state index is 7.36. The topological polar surface area (TPSA) is 129 Å². The first-order valence-electron chi connectivity index (χ1n) is 19.7. The highest BCUT2D eigenvalue weighted by molar-refractivity contribution is 5.98. The minimum absolute atomic E-state index is 0. The van der Waals surface area contributed by atoms with Gasteiger partial charge in [-0.15, -0.1) is 0 Å². The molecule has 11 heteroatoms. The second kappa shape index (κ2) is 44.9. The van der Waals surface area contributed by atoms with Crippen LogP contribution in [0.15, 0.2) is 84.9 Å². The van der Waals surface area contributed by atoms with Gasteiger partial charge >= 0.3 is 0 Å². The van der Waals surface area contributed by atoms with E-state index < -0.39 is 0 Å².